The molecule has 2 aromatic heterocycles. The van der Waals surface area contributed by atoms with Gasteiger partial charge in [0.15, 0.2) is 5.82 Å². The Kier molecular flexibility index (Phi) is 3.84. The van der Waals surface area contributed by atoms with Gasteiger partial charge in [-0.2, -0.15) is 0 Å². The number of aromatic nitrogens is 3. The van der Waals surface area contributed by atoms with Crippen LogP contribution in [-0.4, -0.2) is 21.3 Å². The molecule has 0 aliphatic carbocycles. The Bertz CT molecular complexity index is 979. The highest BCUT2D eigenvalue weighted by molar-refractivity contribution is 6.02. The first kappa shape index (κ1) is 14.7. The van der Waals surface area contributed by atoms with Crippen LogP contribution in [0.15, 0.2) is 60.8 Å². The van der Waals surface area contributed by atoms with Crippen LogP contribution in [0.1, 0.15) is 12.7 Å². The predicted molar refractivity (Wildman–Crippen MR) is 95.8 cm³/mol. The molecule has 0 spiro atoms. The van der Waals surface area contributed by atoms with Crippen LogP contribution < -0.4 is 5.43 Å². The number of rotatable bonds is 5. The zero-order valence-electron chi connectivity index (χ0n) is 13.4. The van der Waals surface area contributed by atoms with Gasteiger partial charge in [0, 0.05) is 12.0 Å². The summed E-state index contributed by atoms with van der Waals surface area (Å²) in [7, 11) is 0. The van der Waals surface area contributed by atoms with Crippen LogP contribution in [0.25, 0.3) is 21.9 Å². The Morgan fingerprint density at radius 2 is 1.79 bits per heavy atom. The van der Waals surface area contributed by atoms with Gasteiger partial charge in [-0.1, -0.05) is 36.4 Å². The molecular weight excluding hydrogens is 300 g/mol. The van der Waals surface area contributed by atoms with Crippen molar-refractivity contribution in [3.63, 3.8) is 0 Å². The lowest BCUT2D eigenvalue weighted by atomic mass is 10.2. The summed E-state index contributed by atoms with van der Waals surface area (Å²) in [5.74, 6) is 0.828. The predicted octanol–water partition coefficient (Wildman–Crippen LogP) is 4.00. The summed E-state index contributed by atoms with van der Waals surface area (Å²) in [5.41, 5.74) is 7.25. The van der Waals surface area contributed by atoms with Crippen LogP contribution in [0.2, 0.25) is 0 Å². The summed E-state index contributed by atoms with van der Waals surface area (Å²) in [5, 5.41) is 1.06. The minimum absolute atomic E-state index is 0.444. The van der Waals surface area contributed by atoms with E-state index in [9.17, 15) is 0 Å². The molecule has 0 aliphatic rings. The second kappa shape index (κ2) is 6.29. The largest absolute Gasteiger partial charge is 0.374 e. The lowest BCUT2D eigenvalue weighted by Gasteiger charge is -2.13. The van der Waals surface area contributed by atoms with Crippen LogP contribution in [-0.2, 0) is 11.3 Å². The van der Waals surface area contributed by atoms with Gasteiger partial charge >= 0.3 is 0 Å². The molecule has 0 saturated carbocycles. The summed E-state index contributed by atoms with van der Waals surface area (Å²) in [6.45, 7) is 3.07. The van der Waals surface area contributed by atoms with Gasteiger partial charge < -0.3 is 4.74 Å². The smallest absolute Gasteiger partial charge is 0.154 e. The molecule has 5 nitrogen and oxygen atoms in total. The van der Waals surface area contributed by atoms with Crippen molar-refractivity contribution in [2.24, 2.45) is 0 Å². The molecule has 2 aromatic carbocycles. The number of benzene rings is 2. The fourth-order valence-corrected chi connectivity index (χ4v) is 2.80. The van der Waals surface area contributed by atoms with Crippen LogP contribution in [0.3, 0.4) is 0 Å². The molecule has 1 N–H and O–H groups in total. The highest BCUT2D eigenvalue weighted by atomic mass is 16.5. The van der Waals surface area contributed by atoms with E-state index in [-0.39, 0.29) is 0 Å². The molecule has 4 rings (SSSR count). The van der Waals surface area contributed by atoms with Crippen molar-refractivity contribution in [3.05, 3.63) is 66.6 Å². The third kappa shape index (κ3) is 2.59. The van der Waals surface area contributed by atoms with Crippen LogP contribution in [0.4, 0.5) is 5.69 Å². The number of nitrogens with zero attached hydrogens (tertiary/aromatic N) is 3. The van der Waals surface area contributed by atoms with Gasteiger partial charge in [0.1, 0.15) is 17.6 Å². The van der Waals surface area contributed by atoms with Gasteiger partial charge in [0.25, 0.3) is 0 Å². The molecule has 2 heterocycles. The van der Waals surface area contributed by atoms with E-state index in [4.69, 9.17) is 9.72 Å². The van der Waals surface area contributed by atoms with Crippen LogP contribution in [0.5, 0.6) is 0 Å². The van der Waals surface area contributed by atoms with E-state index in [1.807, 2.05) is 66.3 Å². The van der Waals surface area contributed by atoms with Gasteiger partial charge in [0.2, 0.25) is 0 Å². The number of hydrogen-bond donors (Lipinski definition) is 1. The standard InChI is InChI=1S/C19H18N4O/c1-2-24-13-18-21-17-12-20-16-11-7-6-10-15(16)19(17)23(18)22-14-8-4-3-5-9-14/h3-12,22H,2,13H2,1H3. The molecule has 0 bridgehead atoms. The highest BCUT2D eigenvalue weighted by Gasteiger charge is 2.14. The maximum Gasteiger partial charge on any atom is 0.154 e. The molecule has 4 aromatic rings. The fraction of sp³-hybridized carbons (Fsp3) is 0.158. The van der Waals surface area contributed by atoms with Crippen molar-refractivity contribution in [2.75, 3.05) is 12.0 Å². The zero-order valence-corrected chi connectivity index (χ0v) is 13.4. The molecule has 0 atom stereocenters. The number of pyridine rings is 1. The molecule has 0 radical (unpaired) electrons. The first-order valence-corrected chi connectivity index (χ1v) is 8.01. The van der Waals surface area contributed by atoms with Crippen LogP contribution in [0, 0.1) is 0 Å². The van der Waals surface area contributed by atoms with Crippen molar-refractivity contribution in [3.8, 4) is 0 Å². The quantitative estimate of drug-likeness (QED) is 0.604. The normalized spacial score (nSPS) is 11.2. The monoisotopic (exact) mass is 318 g/mol. The number of fused-ring (bicyclic) bond motifs is 3. The van der Waals surface area contributed by atoms with Gasteiger partial charge in [-0.05, 0) is 25.1 Å². The average molecular weight is 318 g/mol. The Labute approximate surface area is 139 Å². The summed E-state index contributed by atoms with van der Waals surface area (Å²) < 4.78 is 7.60. The molecule has 5 heteroatoms. The number of para-hydroxylation sites is 2. The van der Waals surface area contributed by atoms with Gasteiger partial charge in [-0.3, -0.25) is 10.4 Å². The maximum absolute atomic E-state index is 5.60. The van der Waals surface area contributed by atoms with E-state index in [1.54, 1.807) is 0 Å². The van der Waals surface area contributed by atoms with E-state index >= 15 is 0 Å². The van der Waals surface area contributed by atoms with E-state index < -0.39 is 0 Å². The molecule has 0 fully saturated rings. The molecule has 0 aliphatic heterocycles. The third-order valence-corrected chi connectivity index (χ3v) is 3.91. The Morgan fingerprint density at radius 3 is 2.62 bits per heavy atom. The van der Waals surface area contributed by atoms with E-state index in [0.717, 1.165) is 33.4 Å². The zero-order chi connectivity index (χ0) is 16.4. The molecular formula is C19H18N4O. The number of hydrogen-bond acceptors (Lipinski definition) is 4. The molecule has 120 valence electrons. The first-order chi connectivity index (χ1) is 11.9. The number of imidazole rings is 1. The van der Waals surface area contributed by atoms with Crippen molar-refractivity contribution in [1.29, 1.82) is 0 Å². The number of anilines is 1. The topological polar surface area (TPSA) is 52.0 Å². The third-order valence-electron chi connectivity index (χ3n) is 3.91. The second-order valence-electron chi connectivity index (χ2n) is 5.49. The van der Waals surface area contributed by atoms with Gasteiger partial charge in [0.05, 0.1) is 17.4 Å². The Morgan fingerprint density at radius 1 is 1.00 bits per heavy atom. The van der Waals surface area contributed by atoms with Crippen LogP contribution >= 0.6 is 0 Å². The fourth-order valence-electron chi connectivity index (χ4n) is 2.80. The molecule has 0 unspecified atom stereocenters. The van der Waals surface area contributed by atoms with E-state index in [2.05, 4.69) is 16.5 Å². The molecule has 24 heavy (non-hydrogen) atoms. The van der Waals surface area contributed by atoms with Crippen molar-refractivity contribution >= 4 is 27.6 Å². The summed E-state index contributed by atoms with van der Waals surface area (Å²) in [6, 6.07) is 18.2. The minimum Gasteiger partial charge on any atom is -0.374 e. The Hall–Kier alpha value is -2.92. The lowest BCUT2D eigenvalue weighted by molar-refractivity contribution is 0.127. The van der Waals surface area contributed by atoms with Crippen molar-refractivity contribution < 1.29 is 4.74 Å². The maximum atomic E-state index is 5.60. The number of ether oxygens (including phenoxy) is 1. The second-order valence-corrected chi connectivity index (χ2v) is 5.49. The molecule has 0 amide bonds. The van der Waals surface area contributed by atoms with E-state index in [1.165, 1.54) is 0 Å². The highest BCUT2D eigenvalue weighted by Crippen LogP contribution is 2.25. The average Bonchev–Trinajstić information content (AvgIpc) is 2.99. The lowest BCUT2D eigenvalue weighted by Crippen LogP contribution is -2.14. The first-order valence-electron chi connectivity index (χ1n) is 8.01. The summed E-state index contributed by atoms with van der Waals surface area (Å²) >= 11 is 0. The van der Waals surface area contributed by atoms with Gasteiger partial charge in [-0.15, -0.1) is 0 Å². The summed E-state index contributed by atoms with van der Waals surface area (Å²) in [4.78, 5) is 9.22. The minimum atomic E-state index is 0.444. The van der Waals surface area contributed by atoms with Crippen molar-refractivity contribution in [2.45, 2.75) is 13.5 Å². The van der Waals surface area contributed by atoms with Crippen molar-refractivity contribution in [1.82, 2.24) is 14.6 Å². The summed E-state index contributed by atoms with van der Waals surface area (Å²) in [6.07, 6.45) is 1.82. The Balaban J connectivity index is 1.93. The SMILES string of the molecule is CCOCc1nc2cnc3ccccc3c2n1Nc1ccccc1. The number of nitrogens with one attached hydrogen (secondary N) is 1. The molecule has 0 saturated heterocycles. The van der Waals surface area contributed by atoms with E-state index in [0.29, 0.717) is 13.2 Å². The van der Waals surface area contributed by atoms with Gasteiger partial charge in [-0.25, -0.2) is 9.66 Å².